The molecule has 3 N–H and O–H groups in total. The Balaban J connectivity index is 1.47. The lowest BCUT2D eigenvalue weighted by Gasteiger charge is -2.28. The SMILES string of the molecule is C[C@H](Sc1nnc(N2CCOCC2)n1C1CC1)C(=O)Nc1sccc1C(N)=O. The van der Waals surface area contributed by atoms with E-state index in [2.05, 4.69) is 25.0 Å². The molecule has 4 rings (SSSR count). The smallest absolute Gasteiger partial charge is 0.251 e. The van der Waals surface area contributed by atoms with Crippen molar-refractivity contribution >= 4 is 45.9 Å². The largest absolute Gasteiger partial charge is 0.378 e. The number of hydrogen-bond acceptors (Lipinski definition) is 8. The Hall–Kier alpha value is -2.11. The second kappa shape index (κ2) is 8.10. The van der Waals surface area contributed by atoms with E-state index in [1.807, 2.05) is 6.92 Å². The molecule has 1 aliphatic heterocycles. The Bertz CT molecular complexity index is 872. The van der Waals surface area contributed by atoms with Crippen molar-refractivity contribution in [3.8, 4) is 0 Å². The molecule has 1 saturated heterocycles. The zero-order chi connectivity index (χ0) is 19.7. The Morgan fingerprint density at radius 3 is 2.79 bits per heavy atom. The summed E-state index contributed by atoms with van der Waals surface area (Å²) in [6.45, 7) is 4.77. The van der Waals surface area contributed by atoms with Crippen molar-refractivity contribution in [1.82, 2.24) is 14.8 Å². The molecular formula is C17H22N6O3S2. The second-order valence-corrected chi connectivity index (χ2v) is 8.98. The van der Waals surface area contributed by atoms with Gasteiger partial charge in [0.25, 0.3) is 5.91 Å². The minimum Gasteiger partial charge on any atom is -0.378 e. The van der Waals surface area contributed by atoms with Crippen LogP contribution in [-0.2, 0) is 9.53 Å². The average Bonchev–Trinajstić information content (AvgIpc) is 3.27. The van der Waals surface area contributed by atoms with Gasteiger partial charge in [0.15, 0.2) is 5.16 Å². The first-order valence-electron chi connectivity index (χ1n) is 9.17. The molecule has 0 bridgehead atoms. The van der Waals surface area contributed by atoms with E-state index in [0.29, 0.717) is 29.8 Å². The van der Waals surface area contributed by atoms with Gasteiger partial charge in [-0.3, -0.25) is 14.2 Å². The van der Waals surface area contributed by atoms with Crippen LogP contribution in [0.15, 0.2) is 16.6 Å². The van der Waals surface area contributed by atoms with Crippen LogP contribution in [0.2, 0.25) is 0 Å². The number of thiophene rings is 1. The maximum atomic E-state index is 12.6. The van der Waals surface area contributed by atoms with Crippen molar-refractivity contribution < 1.29 is 14.3 Å². The number of morpholine rings is 1. The summed E-state index contributed by atoms with van der Waals surface area (Å²) in [6.07, 6.45) is 2.20. The quantitative estimate of drug-likeness (QED) is 0.653. The summed E-state index contributed by atoms with van der Waals surface area (Å²) in [7, 11) is 0. The zero-order valence-electron chi connectivity index (χ0n) is 15.5. The first-order chi connectivity index (χ1) is 13.5. The predicted octanol–water partition coefficient (Wildman–Crippen LogP) is 1.73. The Morgan fingerprint density at radius 1 is 1.36 bits per heavy atom. The molecular weight excluding hydrogens is 400 g/mol. The van der Waals surface area contributed by atoms with Gasteiger partial charge in [0.1, 0.15) is 5.00 Å². The number of carbonyl (C=O) groups excluding carboxylic acids is 2. The molecule has 2 aromatic rings. The molecule has 1 aliphatic carbocycles. The number of nitrogens with one attached hydrogen (secondary N) is 1. The molecule has 0 aromatic carbocycles. The van der Waals surface area contributed by atoms with Gasteiger partial charge in [-0.15, -0.1) is 21.5 Å². The first kappa shape index (κ1) is 19.2. The van der Waals surface area contributed by atoms with E-state index in [4.69, 9.17) is 10.5 Å². The van der Waals surface area contributed by atoms with Gasteiger partial charge < -0.3 is 20.7 Å². The number of carbonyl (C=O) groups is 2. The summed E-state index contributed by atoms with van der Waals surface area (Å²) >= 11 is 2.65. The molecule has 0 radical (unpaired) electrons. The molecule has 2 fully saturated rings. The number of rotatable bonds is 7. The summed E-state index contributed by atoms with van der Waals surface area (Å²) in [6, 6.07) is 2.00. The van der Waals surface area contributed by atoms with E-state index in [9.17, 15) is 9.59 Å². The zero-order valence-corrected chi connectivity index (χ0v) is 17.1. The molecule has 3 heterocycles. The average molecular weight is 423 g/mol. The van der Waals surface area contributed by atoms with Crippen LogP contribution in [0.1, 0.15) is 36.2 Å². The third-order valence-corrected chi connectivity index (χ3v) is 6.56. The maximum absolute atomic E-state index is 12.6. The van der Waals surface area contributed by atoms with E-state index in [1.165, 1.54) is 23.1 Å². The lowest BCUT2D eigenvalue weighted by Crippen LogP contribution is -2.38. The van der Waals surface area contributed by atoms with Crippen molar-refractivity contribution in [2.45, 2.75) is 36.2 Å². The number of nitrogens with zero attached hydrogens (tertiary/aromatic N) is 4. The fourth-order valence-electron chi connectivity index (χ4n) is 3.01. The predicted molar refractivity (Wildman–Crippen MR) is 108 cm³/mol. The van der Waals surface area contributed by atoms with Gasteiger partial charge in [0, 0.05) is 19.1 Å². The second-order valence-electron chi connectivity index (χ2n) is 6.76. The third-order valence-electron chi connectivity index (χ3n) is 4.67. The van der Waals surface area contributed by atoms with Crippen molar-refractivity contribution in [2.24, 2.45) is 5.73 Å². The van der Waals surface area contributed by atoms with Crippen LogP contribution in [0.25, 0.3) is 0 Å². The molecule has 2 aromatic heterocycles. The van der Waals surface area contributed by atoms with Crippen molar-refractivity contribution in [1.29, 1.82) is 0 Å². The monoisotopic (exact) mass is 422 g/mol. The van der Waals surface area contributed by atoms with Gasteiger partial charge in [0.05, 0.1) is 24.0 Å². The summed E-state index contributed by atoms with van der Waals surface area (Å²) in [5.41, 5.74) is 5.67. The Morgan fingerprint density at radius 2 is 2.11 bits per heavy atom. The van der Waals surface area contributed by atoms with E-state index < -0.39 is 11.2 Å². The lowest BCUT2D eigenvalue weighted by atomic mass is 10.3. The van der Waals surface area contributed by atoms with Gasteiger partial charge in [-0.2, -0.15) is 0 Å². The van der Waals surface area contributed by atoms with E-state index >= 15 is 0 Å². The molecule has 11 heteroatoms. The summed E-state index contributed by atoms with van der Waals surface area (Å²) in [5.74, 6) is 0.101. The minimum absolute atomic E-state index is 0.201. The van der Waals surface area contributed by atoms with Crippen LogP contribution in [0, 0.1) is 0 Å². The van der Waals surface area contributed by atoms with Crippen LogP contribution in [0.3, 0.4) is 0 Å². The molecule has 150 valence electrons. The summed E-state index contributed by atoms with van der Waals surface area (Å²) < 4.78 is 7.58. The summed E-state index contributed by atoms with van der Waals surface area (Å²) in [4.78, 5) is 26.3. The third kappa shape index (κ3) is 4.01. The standard InChI is InChI=1S/C17H22N6O3S2/c1-10(14(25)19-15-12(13(18)24)4-9-27-15)28-17-21-20-16(23(17)11-2-3-11)22-5-7-26-8-6-22/h4,9-11H,2-3,5-8H2,1H3,(H2,18,24)(H,19,25)/t10-/m0/s1. The first-order valence-corrected chi connectivity index (χ1v) is 10.9. The van der Waals surface area contributed by atoms with Crippen LogP contribution in [0.5, 0.6) is 0 Å². The van der Waals surface area contributed by atoms with Crippen LogP contribution >= 0.6 is 23.1 Å². The van der Waals surface area contributed by atoms with Crippen LogP contribution in [-0.4, -0.2) is 58.1 Å². The van der Waals surface area contributed by atoms with Gasteiger partial charge in [-0.1, -0.05) is 11.8 Å². The Kier molecular flexibility index (Phi) is 5.56. The number of amides is 2. The molecule has 2 amide bonds. The maximum Gasteiger partial charge on any atom is 0.251 e. The highest BCUT2D eigenvalue weighted by atomic mass is 32.2. The molecule has 1 atom stereocenters. The highest BCUT2D eigenvalue weighted by Crippen LogP contribution is 2.41. The highest BCUT2D eigenvalue weighted by Gasteiger charge is 2.33. The molecule has 2 aliphatic rings. The van der Waals surface area contributed by atoms with Crippen molar-refractivity contribution in [2.75, 3.05) is 36.5 Å². The van der Waals surface area contributed by atoms with Crippen molar-refractivity contribution in [3.63, 3.8) is 0 Å². The van der Waals surface area contributed by atoms with Gasteiger partial charge in [0.2, 0.25) is 11.9 Å². The van der Waals surface area contributed by atoms with Crippen LogP contribution < -0.4 is 16.0 Å². The number of nitrogens with two attached hydrogens (primary N) is 1. The number of aromatic nitrogens is 3. The minimum atomic E-state index is -0.555. The fraction of sp³-hybridized carbons (Fsp3) is 0.529. The van der Waals surface area contributed by atoms with E-state index in [0.717, 1.165) is 37.0 Å². The molecule has 9 nitrogen and oxygen atoms in total. The normalized spacial score (nSPS) is 18.1. The lowest BCUT2D eigenvalue weighted by molar-refractivity contribution is -0.115. The number of thioether (sulfide) groups is 1. The fourth-order valence-corrected chi connectivity index (χ4v) is 4.72. The van der Waals surface area contributed by atoms with Crippen LogP contribution in [0.4, 0.5) is 10.9 Å². The topological polar surface area (TPSA) is 115 Å². The Labute approximate surface area is 170 Å². The number of ether oxygens (including phenoxy) is 1. The van der Waals surface area contributed by atoms with Crippen molar-refractivity contribution in [3.05, 3.63) is 17.0 Å². The van der Waals surface area contributed by atoms with Gasteiger partial charge >= 0.3 is 0 Å². The molecule has 0 unspecified atom stereocenters. The molecule has 1 saturated carbocycles. The van der Waals surface area contributed by atoms with E-state index in [1.54, 1.807) is 11.4 Å². The highest BCUT2D eigenvalue weighted by molar-refractivity contribution is 8.00. The number of anilines is 2. The van der Waals surface area contributed by atoms with E-state index in [-0.39, 0.29) is 5.91 Å². The van der Waals surface area contributed by atoms with Gasteiger partial charge in [-0.05, 0) is 31.2 Å². The number of hydrogen-bond donors (Lipinski definition) is 2. The molecule has 0 spiro atoms. The van der Waals surface area contributed by atoms with Gasteiger partial charge in [-0.25, -0.2) is 0 Å². The number of primary amides is 1. The molecule has 28 heavy (non-hydrogen) atoms. The summed E-state index contributed by atoms with van der Waals surface area (Å²) in [5, 5.41) is 14.1.